The van der Waals surface area contributed by atoms with Crippen LogP contribution < -0.4 is 5.32 Å². The summed E-state index contributed by atoms with van der Waals surface area (Å²) >= 11 is 5.92. The molecule has 0 bridgehead atoms. The second kappa shape index (κ2) is 9.49. The third-order valence-corrected chi connectivity index (χ3v) is 5.79. The number of halogens is 1. The van der Waals surface area contributed by atoms with Crippen LogP contribution in [0.25, 0.3) is 33.9 Å². The lowest BCUT2D eigenvalue weighted by molar-refractivity contribution is -0.121. The molecule has 8 heteroatoms. The SMILES string of the molecule is Cc1ccc(-c2noc(-c3nn(CC(=O)NCCc4ccc(Cl)cc4)c4ccccc34)n2)cc1. The number of hydrogen-bond acceptors (Lipinski definition) is 5. The maximum atomic E-state index is 12.6. The predicted molar refractivity (Wildman–Crippen MR) is 131 cm³/mol. The molecule has 0 aliphatic carbocycles. The molecule has 0 atom stereocenters. The van der Waals surface area contributed by atoms with Crippen molar-refractivity contribution in [3.8, 4) is 23.0 Å². The van der Waals surface area contributed by atoms with Crippen LogP contribution >= 0.6 is 11.6 Å². The monoisotopic (exact) mass is 471 g/mol. The lowest BCUT2D eigenvalue weighted by Gasteiger charge is -2.06. The minimum atomic E-state index is -0.125. The summed E-state index contributed by atoms with van der Waals surface area (Å²) in [5.74, 6) is 0.682. The quantitative estimate of drug-likeness (QED) is 0.358. The molecule has 1 amide bonds. The molecule has 0 spiro atoms. The van der Waals surface area contributed by atoms with Gasteiger partial charge in [0.2, 0.25) is 11.7 Å². The number of carbonyl (C=O) groups is 1. The first-order valence-corrected chi connectivity index (χ1v) is 11.3. The van der Waals surface area contributed by atoms with E-state index in [0.29, 0.717) is 29.0 Å². The summed E-state index contributed by atoms with van der Waals surface area (Å²) in [5, 5.41) is 13.3. The Hall–Kier alpha value is -3.97. The Morgan fingerprint density at radius 3 is 2.59 bits per heavy atom. The third-order valence-electron chi connectivity index (χ3n) is 5.54. The number of aromatic nitrogens is 4. The summed E-state index contributed by atoms with van der Waals surface area (Å²) in [6.45, 7) is 2.63. The largest absolute Gasteiger partial charge is 0.354 e. The molecule has 0 aliphatic heterocycles. The van der Waals surface area contributed by atoms with E-state index >= 15 is 0 Å². The fourth-order valence-electron chi connectivity index (χ4n) is 3.73. The van der Waals surface area contributed by atoms with Gasteiger partial charge in [-0.05, 0) is 37.1 Å². The van der Waals surface area contributed by atoms with E-state index in [9.17, 15) is 4.79 Å². The minimum Gasteiger partial charge on any atom is -0.354 e. The van der Waals surface area contributed by atoms with Crippen molar-refractivity contribution in [1.29, 1.82) is 0 Å². The number of amides is 1. The van der Waals surface area contributed by atoms with Crippen LogP contribution in [0.1, 0.15) is 11.1 Å². The normalized spacial score (nSPS) is 11.1. The van der Waals surface area contributed by atoms with Gasteiger partial charge >= 0.3 is 0 Å². The molecule has 2 heterocycles. The van der Waals surface area contributed by atoms with E-state index < -0.39 is 0 Å². The maximum absolute atomic E-state index is 12.6. The highest BCUT2D eigenvalue weighted by Crippen LogP contribution is 2.28. The second-order valence-corrected chi connectivity index (χ2v) is 8.48. The number of fused-ring (bicyclic) bond motifs is 1. The molecule has 0 aliphatic rings. The van der Waals surface area contributed by atoms with Gasteiger partial charge in [0.15, 0.2) is 5.69 Å². The Morgan fingerprint density at radius 2 is 1.79 bits per heavy atom. The summed E-state index contributed by atoms with van der Waals surface area (Å²) in [6.07, 6.45) is 0.720. The van der Waals surface area contributed by atoms with E-state index in [4.69, 9.17) is 16.1 Å². The number of hydrogen-bond donors (Lipinski definition) is 1. The van der Waals surface area contributed by atoms with Gasteiger partial charge in [0, 0.05) is 22.5 Å². The van der Waals surface area contributed by atoms with E-state index in [1.54, 1.807) is 4.68 Å². The van der Waals surface area contributed by atoms with E-state index in [-0.39, 0.29) is 12.5 Å². The molecular weight excluding hydrogens is 450 g/mol. The molecule has 0 radical (unpaired) electrons. The number of para-hydroxylation sites is 1. The number of rotatable bonds is 7. The zero-order valence-electron chi connectivity index (χ0n) is 18.5. The molecule has 0 unspecified atom stereocenters. The molecule has 5 rings (SSSR count). The van der Waals surface area contributed by atoms with E-state index in [1.165, 1.54) is 0 Å². The molecule has 1 N–H and O–H groups in total. The number of aryl methyl sites for hydroxylation is 1. The zero-order valence-corrected chi connectivity index (χ0v) is 19.3. The number of benzene rings is 3. The average Bonchev–Trinajstić information content (AvgIpc) is 3.46. The summed E-state index contributed by atoms with van der Waals surface area (Å²) in [7, 11) is 0. The molecule has 170 valence electrons. The number of nitrogens with zero attached hydrogens (tertiary/aromatic N) is 4. The van der Waals surface area contributed by atoms with Crippen LogP contribution in [-0.2, 0) is 17.8 Å². The van der Waals surface area contributed by atoms with Gasteiger partial charge in [-0.25, -0.2) is 0 Å². The maximum Gasteiger partial charge on any atom is 0.279 e. The lowest BCUT2D eigenvalue weighted by atomic mass is 10.1. The Labute approximate surface area is 201 Å². The Bertz CT molecular complexity index is 1440. The minimum absolute atomic E-state index is 0.0834. The first kappa shape index (κ1) is 21.9. The summed E-state index contributed by atoms with van der Waals surface area (Å²) < 4.78 is 7.20. The lowest BCUT2D eigenvalue weighted by Crippen LogP contribution is -2.29. The molecule has 0 saturated heterocycles. The van der Waals surface area contributed by atoms with Crippen molar-refractivity contribution in [2.75, 3.05) is 6.54 Å². The smallest absolute Gasteiger partial charge is 0.279 e. The molecule has 2 aromatic heterocycles. The molecule has 0 fully saturated rings. The van der Waals surface area contributed by atoms with E-state index in [2.05, 4.69) is 20.6 Å². The first-order valence-electron chi connectivity index (χ1n) is 10.9. The first-order chi connectivity index (χ1) is 16.6. The predicted octanol–water partition coefficient (Wildman–Crippen LogP) is 5.07. The van der Waals surface area contributed by atoms with Gasteiger partial charge in [0.25, 0.3) is 5.89 Å². The highest BCUT2D eigenvalue weighted by atomic mass is 35.5. The summed E-state index contributed by atoms with van der Waals surface area (Å²) in [4.78, 5) is 17.2. The Morgan fingerprint density at radius 1 is 1.03 bits per heavy atom. The van der Waals surface area contributed by atoms with Crippen molar-refractivity contribution in [2.45, 2.75) is 19.9 Å². The van der Waals surface area contributed by atoms with Gasteiger partial charge in [-0.3, -0.25) is 9.48 Å². The highest BCUT2D eigenvalue weighted by molar-refractivity contribution is 6.30. The van der Waals surface area contributed by atoms with Crippen LogP contribution in [0.4, 0.5) is 0 Å². The van der Waals surface area contributed by atoms with Crippen LogP contribution in [0.2, 0.25) is 5.02 Å². The zero-order chi connectivity index (χ0) is 23.5. The van der Waals surface area contributed by atoms with Crippen LogP contribution in [0.15, 0.2) is 77.3 Å². The van der Waals surface area contributed by atoms with Crippen molar-refractivity contribution in [3.63, 3.8) is 0 Å². The van der Waals surface area contributed by atoms with Crippen molar-refractivity contribution in [3.05, 3.63) is 88.9 Å². The van der Waals surface area contributed by atoms with Crippen LogP contribution in [-0.4, -0.2) is 32.4 Å². The standard InChI is InChI=1S/C26H22ClN5O2/c1-17-6-10-19(11-7-17)25-29-26(34-31-25)24-21-4-2-3-5-22(21)32(30-24)16-23(33)28-15-14-18-8-12-20(27)13-9-18/h2-13H,14-16H2,1H3,(H,28,33). The molecule has 0 saturated carbocycles. The average molecular weight is 472 g/mol. The summed E-state index contributed by atoms with van der Waals surface area (Å²) in [6, 6.07) is 23.2. The third kappa shape index (κ3) is 4.70. The molecule has 3 aromatic carbocycles. The van der Waals surface area contributed by atoms with Gasteiger partial charge < -0.3 is 9.84 Å². The van der Waals surface area contributed by atoms with Gasteiger partial charge in [-0.15, -0.1) is 0 Å². The topological polar surface area (TPSA) is 85.8 Å². The molecular formula is C26H22ClN5O2. The Kier molecular flexibility index (Phi) is 6.10. The van der Waals surface area contributed by atoms with Gasteiger partial charge in [0.1, 0.15) is 6.54 Å². The van der Waals surface area contributed by atoms with Gasteiger partial charge in [0.05, 0.1) is 5.52 Å². The number of nitrogens with one attached hydrogen (secondary N) is 1. The van der Waals surface area contributed by atoms with E-state index in [1.807, 2.05) is 79.7 Å². The van der Waals surface area contributed by atoms with Gasteiger partial charge in [-0.2, -0.15) is 10.1 Å². The van der Waals surface area contributed by atoms with Crippen molar-refractivity contribution >= 4 is 28.4 Å². The van der Waals surface area contributed by atoms with Crippen LogP contribution in [0, 0.1) is 6.92 Å². The number of carbonyl (C=O) groups excluding carboxylic acids is 1. The van der Waals surface area contributed by atoms with Crippen LogP contribution in [0.5, 0.6) is 0 Å². The fraction of sp³-hybridized carbons (Fsp3) is 0.154. The van der Waals surface area contributed by atoms with Crippen LogP contribution in [0.3, 0.4) is 0 Å². The second-order valence-electron chi connectivity index (χ2n) is 8.04. The van der Waals surface area contributed by atoms with Crippen molar-refractivity contribution in [2.24, 2.45) is 0 Å². The molecule has 34 heavy (non-hydrogen) atoms. The molecule has 5 aromatic rings. The fourth-order valence-corrected chi connectivity index (χ4v) is 3.86. The van der Waals surface area contributed by atoms with Gasteiger partial charge in [-0.1, -0.05) is 76.9 Å². The molecule has 7 nitrogen and oxygen atoms in total. The summed E-state index contributed by atoms with van der Waals surface area (Å²) in [5.41, 5.74) is 4.50. The highest BCUT2D eigenvalue weighted by Gasteiger charge is 2.19. The van der Waals surface area contributed by atoms with Crippen molar-refractivity contribution in [1.82, 2.24) is 25.2 Å². The Balaban J connectivity index is 1.33. The van der Waals surface area contributed by atoms with Crippen molar-refractivity contribution < 1.29 is 9.32 Å². The van der Waals surface area contributed by atoms with E-state index in [0.717, 1.165) is 34.0 Å².